The summed E-state index contributed by atoms with van der Waals surface area (Å²) in [6.45, 7) is 2.04. The lowest BCUT2D eigenvalue weighted by molar-refractivity contribution is 0.568. The first-order valence-electron chi connectivity index (χ1n) is 3.75. The van der Waals surface area contributed by atoms with Crippen molar-refractivity contribution in [3.05, 3.63) is 45.0 Å². The normalized spacial score (nSPS) is 10.9. The molecule has 0 aromatic carbocycles. The standard InChI is InChI=1S/C8H9FN2O2/c1-2-3-4-11-5-6(9)7(12)10-8(11)13/h2-3,5H,4H2,1H3,(H,10,12,13)/b3-2+. The first kappa shape index (κ1) is 9.44. The van der Waals surface area contributed by atoms with Gasteiger partial charge in [-0.3, -0.25) is 14.3 Å². The highest BCUT2D eigenvalue weighted by molar-refractivity contribution is 4.89. The van der Waals surface area contributed by atoms with Gasteiger partial charge in [-0.2, -0.15) is 4.39 Å². The van der Waals surface area contributed by atoms with E-state index in [1.54, 1.807) is 19.1 Å². The van der Waals surface area contributed by atoms with Crippen LogP contribution in [0.1, 0.15) is 6.92 Å². The van der Waals surface area contributed by atoms with Crippen LogP contribution >= 0.6 is 0 Å². The monoisotopic (exact) mass is 184 g/mol. The van der Waals surface area contributed by atoms with E-state index in [0.717, 1.165) is 10.8 Å². The van der Waals surface area contributed by atoms with Gasteiger partial charge in [0.05, 0.1) is 6.20 Å². The summed E-state index contributed by atoms with van der Waals surface area (Å²) in [5, 5.41) is 0. The van der Waals surface area contributed by atoms with Gasteiger partial charge in [-0.05, 0) is 6.92 Å². The molecule has 0 saturated heterocycles. The molecule has 0 aliphatic carbocycles. The molecule has 1 N–H and O–H groups in total. The Kier molecular flexibility index (Phi) is 2.79. The van der Waals surface area contributed by atoms with Crippen LogP contribution in [-0.2, 0) is 6.54 Å². The molecular formula is C8H9FN2O2. The molecular weight excluding hydrogens is 175 g/mol. The largest absolute Gasteiger partial charge is 0.328 e. The van der Waals surface area contributed by atoms with Crippen LogP contribution in [0.15, 0.2) is 27.9 Å². The summed E-state index contributed by atoms with van der Waals surface area (Å²) in [4.78, 5) is 23.5. The molecule has 0 atom stereocenters. The Bertz CT molecular complexity index is 431. The second-order valence-corrected chi connectivity index (χ2v) is 2.46. The Hall–Kier alpha value is -1.65. The number of rotatable bonds is 2. The molecule has 1 rings (SSSR count). The van der Waals surface area contributed by atoms with E-state index in [1.165, 1.54) is 0 Å². The molecule has 1 heterocycles. The predicted octanol–water partition coefficient (Wildman–Crippen LogP) is 0.252. The molecule has 0 saturated carbocycles. The number of aromatic nitrogens is 2. The molecule has 0 aliphatic heterocycles. The van der Waals surface area contributed by atoms with Crippen LogP contribution < -0.4 is 11.2 Å². The van der Waals surface area contributed by atoms with Crippen molar-refractivity contribution < 1.29 is 4.39 Å². The maximum Gasteiger partial charge on any atom is 0.328 e. The summed E-state index contributed by atoms with van der Waals surface area (Å²) in [5.74, 6) is -0.955. The molecule has 0 bridgehead atoms. The van der Waals surface area contributed by atoms with Crippen LogP contribution in [-0.4, -0.2) is 9.55 Å². The number of nitrogens with zero attached hydrogens (tertiary/aromatic N) is 1. The highest BCUT2D eigenvalue weighted by Crippen LogP contribution is 1.84. The van der Waals surface area contributed by atoms with Crippen molar-refractivity contribution in [2.75, 3.05) is 0 Å². The van der Waals surface area contributed by atoms with E-state index in [1.807, 2.05) is 4.98 Å². The first-order chi connectivity index (χ1) is 6.15. The fraction of sp³-hybridized carbons (Fsp3) is 0.250. The summed E-state index contributed by atoms with van der Waals surface area (Å²) < 4.78 is 13.7. The number of hydrogen-bond donors (Lipinski definition) is 1. The number of aromatic amines is 1. The average Bonchev–Trinajstić information content (AvgIpc) is 2.09. The Morgan fingerprint density at radius 3 is 2.92 bits per heavy atom. The minimum absolute atomic E-state index is 0.253. The number of nitrogens with one attached hydrogen (secondary N) is 1. The van der Waals surface area contributed by atoms with Gasteiger partial charge in [0.2, 0.25) is 5.82 Å². The third kappa shape index (κ3) is 2.14. The van der Waals surface area contributed by atoms with E-state index < -0.39 is 17.1 Å². The summed E-state index contributed by atoms with van der Waals surface area (Å²) in [6.07, 6.45) is 4.30. The number of hydrogen-bond acceptors (Lipinski definition) is 2. The fourth-order valence-electron chi connectivity index (χ4n) is 0.837. The molecule has 4 nitrogen and oxygen atoms in total. The van der Waals surface area contributed by atoms with Gasteiger partial charge in [0.25, 0.3) is 5.56 Å². The Labute approximate surface area is 73.3 Å². The maximum atomic E-state index is 12.7. The quantitative estimate of drug-likeness (QED) is 0.670. The minimum Gasteiger partial charge on any atom is -0.294 e. The van der Waals surface area contributed by atoms with Crippen LogP contribution in [0.5, 0.6) is 0 Å². The summed E-state index contributed by atoms with van der Waals surface area (Å²) in [6, 6.07) is 0. The van der Waals surface area contributed by atoms with E-state index in [-0.39, 0.29) is 6.54 Å². The first-order valence-corrected chi connectivity index (χ1v) is 3.75. The minimum atomic E-state index is -0.985. The number of allylic oxidation sites excluding steroid dienone is 2. The fourth-order valence-corrected chi connectivity index (χ4v) is 0.837. The van der Waals surface area contributed by atoms with Gasteiger partial charge >= 0.3 is 5.69 Å². The predicted molar refractivity (Wildman–Crippen MR) is 46.1 cm³/mol. The highest BCUT2D eigenvalue weighted by Gasteiger charge is 2.00. The van der Waals surface area contributed by atoms with Gasteiger partial charge in [0.15, 0.2) is 0 Å². The van der Waals surface area contributed by atoms with Crippen LogP contribution in [0.2, 0.25) is 0 Å². The highest BCUT2D eigenvalue weighted by atomic mass is 19.1. The lowest BCUT2D eigenvalue weighted by atomic mass is 10.5. The van der Waals surface area contributed by atoms with E-state index in [0.29, 0.717) is 0 Å². The van der Waals surface area contributed by atoms with Crippen LogP contribution in [0.3, 0.4) is 0 Å². The molecule has 0 spiro atoms. The summed E-state index contributed by atoms with van der Waals surface area (Å²) >= 11 is 0. The Balaban J connectivity index is 3.16. The van der Waals surface area contributed by atoms with Crippen molar-refractivity contribution in [1.82, 2.24) is 9.55 Å². The van der Waals surface area contributed by atoms with E-state index in [4.69, 9.17) is 0 Å². The molecule has 0 aliphatic rings. The van der Waals surface area contributed by atoms with E-state index in [2.05, 4.69) is 0 Å². The molecule has 13 heavy (non-hydrogen) atoms. The molecule has 0 fully saturated rings. The molecule has 0 amide bonds. The second kappa shape index (κ2) is 3.84. The lowest BCUT2D eigenvalue weighted by Crippen LogP contribution is -2.30. The van der Waals surface area contributed by atoms with Gasteiger partial charge in [0, 0.05) is 6.54 Å². The topological polar surface area (TPSA) is 54.9 Å². The average molecular weight is 184 g/mol. The summed E-state index contributed by atoms with van der Waals surface area (Å²) in [5.41, 5.74) is -1.59. The molecule has 5 heteroatoms. The zero-order chi connectivity index (χ0) is 9.84. The lowest BCUT2D eigenvalue weighted by Gasteiger charge is -1.99. The zero-order valence-corrected chi connectivity index (χ0v) is 7.08. The van der Waals surface area contributed by atoms with Crippen molar-refractivity contribution in [2.24, 2.45) is 0 Å². The van der Waals surface area contributed by atoms with Crippen molar-refractivity contribution in [2.45, 2.75) is 13.5 Å². The van der Waals surface area contributed by atoms with Gasteiger partial charge < -0.3 is 0 Å². The molecule has 0 radical (unpaired) electrons. The second-order valence-electron chi connectivity index (χ2n) is 2.46. The van der Waals surface area contributed by atoms with Crippen molar-refractivity contribution in [1.29, 1.82) is 0 Å². The van der Waals surface area contributed by atoms with Crippen LogP contribution in [0.4, 0.5) is 4.39 Å². The third-order valence-corrected chi connectivity index (χ3v) is 1.51. The van der Waals surface area contributed by atoms with Gasteiger partial charge in [-0.15, -0.1) is 0 Å². The molecule has 1 aromatic rings. The van der Waals surface area contributed by atoms with Crippen LogP contribution in [0.25, 0.3) is 0 Å². The Morgan fingerprint density at radius 2 is 2.31 bits per heavy atom. The van der Waals surface area contributed by atoms with Gasteiger partial charge in [0.1, 0.15) is 0 Å². The maximum absolute atomic E-state index is 12.7. The zero-order valence-electron chi connectivity index (χ0n) is 7.08. The van der Waals surface area contributed by atoms with Gasteiger partial charge in [-0.25, -0.2) is 4.79 Å². The third-order valence-electron chi connectivity index (χ3n) is 1.51. The smallest absolute Gasteiger partial charge is 0.294 e. The summed E-state index contributed by atoms with van der Waals surface area (Å²) in [7, 11) is 0. The van der Waals surface area contributed by atoms with Crippen molar-refractivity contribution in [3.63, 3.8) is 0 Å². The van der Waals surface area contributed by atoms with E-state index >= 15 is 0 Å². The van der Waals surface area contributed by atoms with E-state index in [9.17, 15) is 14.0 Å². The number of H-pyrrole nitrogens is 1. The molecule has 70 valence electrons. The van der Waals surface area contributed by atoms with Gasteiger partial charge in [-0.1, -0.05) is 12.2 Å². The van der Waals surface area contributed by atoms with Crippen molar-refractivity contribution in [3.8, 4) is 0 Å². The molecule has 1 aromatic heterocycles. The van der Waals surface area contributed by atoms with Crippen LogP contribution in [0, 0.1) is 5.82 Å². The number of halogens is 1. The SMILES string of the molecule is C/C=C/Cn1cc(F)c(=O)[nH]c1=O. The van der Waals surface area contributed by atoms with Crippen molar-refractivity contribution >= 4 is 0 Å². The Morgan fingerprint density at radius 1 is 1.62 bits per heavy atom. The molecule has 0 unspecified atom stereocenters.